The minimum absolute atomic E-state index is 0.272. The molecule has 3 aliphatic rings. The van der Waals surface area contributed by atoms with Crippen molar-refractivity contribution in [2.45, 2.75) is 38.5 Å². The van der Waals surface area contributed by atoms with E-state index in [-0.39, 0.29) is 5.41 Å². The highest BCUT2D eigenvalue weighted by Gasteiger charge is 2.53. The van der Waals surface area contributed by atoms with Crippen LogP contribution in [-0.2, 0) is 5.41 Å². The summed E-state index contributed by atoms with van der Waals surface area (Å²) in [5, 5.41) is 0.804. The second-order valence-electron chi connectivity index (χ2n) is 16.1. The van der Waals surface area contributed by atoms with Crippen molar-refractivity contribution in [2.24, 2.45) is 17.8 Å². The number of anilines is 3. The van der Waals surface area contributed by atoms with E-state index in [1.54, 1.807) is 0 Å². The summed E-state index contributed by atoms with van der Waals surface area (Å²) in [6.45, 7) is 4.86. The fourth-order valence-corrected chi connectivity index (χ4v) is 10.6. The molecule has 0 radical (unpaired) electrons. The number of para-hydroxylation sites is 1. The second kappa shape index (κ2) is 13.6. The quantitative estimate of drug-likeness (QED) is 0.154. The number of rotatable bonds is 6. The lowest BCUT2D eigenvalue weighted by Gasteiger charge is -2.49. The smallest absolute Gasteiger partial charge is 0.0540 e. The van der Waals surface area contributed by atoms with Crippen molar-refractivity contribution in [1.82, 2.24) is 0 Å². The molecule has 2 heteroatoms. The van der Waals surface area contributed by atoms with E-state index in [1.807, 2.05) is 0 Å². The second-order valence-corrected chi connectivity index (χ2v) is 16.5. The standard InChI is InChI=1S/C53H44ClN/c1-35-28-42-30-43(29-35)53(34-36(42)2)48-31-41(38-16-8-4-9-17-38)24-27-47(48)52-49(53)32-45(33-50(52)54)55(44-25-22-39(23-26-44)37-14-6-3-7-15-37)51-21-13-12-20-46(51)40-18-10-5-11-19-40/h3-27,31-35,42-43H,28-30H2,1-2H3. The van der Waals surface area contributed by atoms with Crippen LogP contribution in [0.15, 0.2) is 182 Å². The molecular weight excluding hydrogens is 686 g/mol. The molecule has 2 bridgehead atoms. The molecular formula is C53H44ClN. The van der Waals surface area contributed by atoms with Crippen LogP contribution in [0.5, 0.6) is 0 Å². The molecule has 1 fully saturated rings. The molecule has 0 saturated heterocycles. The first kappa shape index (κ1) is 33.9. The van der Waals surface area contributed by atoms with Gasteiger partial charge in [-0.3, -0.25) is 0 Å². The van der Waals surface area contributed by atoms with Crippen LogP contribution < -0.4 is 4.90 Å². The molecule has 1 saturated carbocycles. The third-order valence-corrected chi connectivity index (χ3v) is 13.1. The summed E-state index contributed by atoms with van der Waals surface area (Å²) < 4.78 is 0. The average Bonchev–Trinajstić information content (AvgIpc) is 3.51. The van der Waals surface area contributed by atoms with E-state index in [0.717, 1.165) is 22.1 Å². The van der Waals surface area contributed by atoms with E-state index in [4.69, 9.17) is 11.6 Å². The topological polar surface area (TPSA) is 3.24 Å². The van der Waals surface area contributed by atoms with Gasteiger partial charge in [-0.05, 0) is 125 Å². The fourth-order valence-electron chi connectivity index (χ4n) is 10.3. The van der Waals surface area contributed by atoms with Crippen molar-refractivity contribution >= 4 is 28.7 Å². The average molecular weight is 730 g/mol. The molecule has 268 valence electrons. The lowest BCUT2D eigenvalue weighted by molar-refractivity contribution is 0.168. The lowest BCUT2D eigenvalue weighted by atomic mass is 9.55. The van der Waals surface area contributed by atoms with Gasteiger partial charge in [0.2, 0.25) is 0 Å². The summed E-state index contributed by atoms with van der Waals surface area (Å²) in [6, 6.07) is 61.9. The maximum atomic E-state index is 7.69. The van der Waals surface area contributed by atoms with Crippen LogP contribution in [0.3, 0.4) is 0 Å². The summed E-state index contributed by atoms with van der Waals surface area (Å²) >= 11 is 7.69. The van der Waals surface area contributed by atoms with Gasteiger partial charge in [0.15, 0.2) is 0 Å². The van der Waals surface area contributed by atoms with Gasteiger partial charge < -0.3 is 4.90 Å². The van der Waals surface area contributed by atoms with Gasteiger partial charge in [0.1, 0.15) is 0 Å². The van der Waals surface area contributed by atoms with E-state index in [2.05, 4.69) is 195 Å². The van der Waals surface area contributed by atoms with Crippen molar-refractivity contribution in [3.05, 3.63) is 198 Å². The van der Waals surface area contributed by atoms with Gasteiger partial charge in [-0.15, -0.1) is 0 Å². The number of hydrogen-bond acceptors (Lipinski definition) is 1. The highest BCUT2D eigenvalue weighted by atomic mass is 35.5. The molecule has 4 unspecified atom stereocenters. The third kappa shape index (κ3) is 5.68. The van der Waals surface area contributed by atoms with E-state index >= 15 is 0 Å². The minimum atomic E-state index is -0.272. The first-order valence-corrected chi connectivity index (χ1v) is 20.2. The summed E-state index contributed by atoms with van der Waals surface area (Å²) in [4.78, 5) is 2.43. The Hall–Kier alpha value is -5.63. The normalized spacial score (nSPS) is 20.8. The predicted molar refractivity (Wildman–Crippen MR) is 232 cm³/mol. The molecule has 4 atom stereocenters. The van der Waals surface area contributed by atoms with Gasteiger partial charge in [0, 0.05) is 27.9 Å². The molecule has 10 rings (SSSR count). The highest BCUT2D eigenvalue weighted by molar-refractivity contribution is 6.34. The Morgan fingerprint density at radius 3 is 1.84 bits per heavy atom. The maximum absolute atomic E-state index is 7.69. The molecule has 1 spiro atoms. The zero-order valence-electron chi connectivity index (χ0n) is 31.4. The zero-order valence-corrected chi connectivity index (χ0v) is 32.2. The Morgan fingerprint density at radius 1 is 0.527 bits per heavy atom. The van der Waals surface area contributed by atoms with Crippen LogP contribution in [-0.4, -0.2) is 0 Å². The largest absolute Gasteiger partial charge is 0.310 e. The van der Waals surface area contributed by atoms with E-state index in [9.17, 15) is 0 Å². The first-order valence-electron chi connectivity index (χ1n) is 19.8. The summed E-state index contributed by atoms with van der Waals surface area (Å²) in [7, 11) is 0. The van der Waals surface area contributed by atoms with Crippen LogP contribution in [0, 0.1) is 17.8 Å². The number of nitrogens with zero attached hydrogens (tertiary/aromatic N) is 1. The number of allylic oxidation sites excluding steroid dienone is 2. The zero-order chi connectivity index (χ0) is 37.1. The summed E-state index contributed by atoms with van der Waals surface area (Å²) in [6.07, 6.45) is 6.37. The number of benzene rings is 7. The minimum Gasteiger partial charge on any atom is -0.310 e. The van der Waals surface area contributed by atoms with E-state index in [0.29, 0.717) is 17.8 Å². The molecule has 7 aromatic rings. The van der Waals surface area contributed by atoms with Gasteiger partial charge in [-0.2, -0.15) is 0 Å². The Kier molecular flexibility index (Phi) is 8.38. The maximum Gasteiger partial charge on any atom is 0.0540 e. The molecule has 1 nitrogen and oxygen atoms in total. The van der Waals surface area contributed by atoms with Crippen LogP contribution >= 0.6 is 11.6 Å². The van der Waals surface area contributed by atoms with Crippen molar-refractivity contribution < 1.29 is 0 Å². The Labute approximate surface area is 330 Å². The van der Waals surface area contributed by atoms with Crippen LogP contribution in [0.2, 0.25) is 5.02 Å². The summed E-state index contributed by atoms with van der Waals surface area (Å²) in [5.41, 5.74) is 17.0. The first-order chi connectivity index (χ1) is 27.0. The number of halogens is 1. The van der Waals surface area contributed by atoms with E-state index < -0.39 is 0 Å². The van der Waals surface area contributed by atoms with Gasteiger partial charge in [0.05, 0.1) is 10.7 Å². The van der Waals surface area contributed by atoms with Crippen LogP contribution in [0.4, 0.5) is 17.1 Å². The van der Waals surface area contributed by atoms with Gasteiger partial charge >= 0.3 is 0 Å². The summed E-state index contributed by atoms with van der Waals surface area (Å²) in [5.74, 6) is 1.79. The number of hydrogen-bond donors (Lipinski definition) is 0. The third-order valence-electron chi connectivity index (χ3n) is 12.8. The fraction of sp³-hybridized carbons (Fsp3) is 0.170. The molecule has 7 aromatic carbocycles. The van der Waals surface area contributed by atoms with Crippen LogP contribution in [0.25, 0.3) is 44.5 Å². The van der Waals surface area contributed by atoms with Crippen molar-refractivity contribution in [1.29, 1.82) is 0 Å². The molecule has 0 N–H and O–H groups in total. The lowest BCUT2D eigenvalue weighted by Crippen LogP contribution is -2.42. The van der Waals surface area contributed by atoms with Crippen molar-refractivity contribution in [3.63, 3.8) is 0 Å². The van der Waals surface area contributed by atoms with Crippen LogP contribution in [0.1, 0.15) is 44.2 Å². The Bertz CT molecular complexity index is 2550. The van der Waals surface area contributed by atoms with Gasteiger partial charge in [-0.1, -0.05) is 164 Å². The SMILES string of the molecule is CC1=CC2(c3cc(-c4ccccc4)ccc3-c3c(Cl)cc(N(c4ccc(-c5ccccc5)cc4)c4ccccc4-c4ccccc4)cc32)C2CC(C)CC1C2. The molecule has 0 heterocycles. The molecule has 55 heavy (non-hydrogen) atoms. The predicted octanol–water partition coefficient (Wildman–Crippen LogP) is 15.1. The van der Waals surface area contributed by atoms with E-state index in [1.165, 1.54) is 80.5 Å². The highest BCUT2D eigenvalue weighted by Crippen LogP contribution is 2.63. The Balaban J connectivity index is 1.22. The molecule has 0 aliphatic heterocycles. The monoisotopic (exact) mass is 729 g/mol. The Morgan fingerprint density at radius 2 is 1.13 bits per heavy atom. The van der Waals surface area contributed by atoms with Crippen molar-refractivity contribution in [2.75, 3.05) is 4.90 Å². The van der Waals surface area contributed by atoms with Gasteiger partial charge in [-0.25, -0.2) is 0 Å². The van der Waals surface area contributed by atoms with Crippen molar-refractivity contribution in [3.8, 4) is 44.5 Å². The molecule has 3 aliphatic carbocycles. The molecule has 0 aromatic heterocycles. The number of fused-ring (bicyclic) bond motifs is 8. The van der Waals surface area contributed by atoms with Gasteiger partial charge in [0.25, 0.3) is 0 Å². The molecule has 0 amide bonds.